The van der Waals surface area contributed by atoms with E-state index in [9.17, 15) is 0 Å². The number of methoxy groups -OCH3 is 6. The standard InChI is InChI=1S/C38H40N2O7/c1-41-29-19-15-27(16-20-29)23-35(43-3)37(45-5)25-39-31-11-7-9-13-33(31)47-34-14-10-8-12-32(34)40-26-38(46-6)36(44-4)24-28-17-21-30(42-2)22-18-28/h7-26,37-38H,1-6H3. The van der Waals surface area contributed by atoms with Crippen molar-refractivity contribution in [2.45, 2.75) is 12.2 Å². The maximum Gasteiger partial charge on any atom is 0.153 e. The van der Waals surface area contributed by atoms with Crippen molar-refractivity contribution in [3.8, 4) is 23.0 Å². The molecule has 2 unspecified atom stereocenters. The van der Waals surface area contributed by atoms with Crippen LogP contribution < -0.4 is 14.2 Å². The van der Waals surface area contributed by atoms with Gasteiger partial charge in [-0.2, -0.15) is 0 Å². The number of para-hydroxylation sites is 4. The van der Waals surface area contributed by atoms with E-state index in [0.29, 0.717) is 34.4 Å². The topological polar surface area (TPSA) is 89.3 Å². The Morgan fingerprint density at radius 1 is 0.511 bits per heavy atom. The lowest BCUT2D eigenvalue weighted by molar-refractivity contribution is 0.127. The van der Waals surface area contributed by atoms with Gasteiger partial charge in [0.05, 0.1) is 28.4 Å². The van der Waals surface area contributed by atoms with Gasteiger partial charge in [0.15, 0.2) is 11.5 Å². The Balaban J connectivity index is 1.54. The summed E-state index contributed by atoms with van der Waals surface area (Å²) in [5.41, 5.74) is 3.08. The van der Waals surface area contributed by atoms with Crippen molar-refractivity contribution in [2.24, 2.45) is 9.98 Å². The van der Waals surface area contributed by atoms with Crippen molar-refractivity contribution in [1.82, 2.24) is 0 Å². The van der Waals surface area contributed by atoms with Crippen LogP contribution in [0.1, 0.15) is 11.1 Å². The fourth-order valence-electron chi connectivity index (χ4n) is 4.46. The number of aliphatic imine (C=N–C) groups is 2. The molecule has 4 aromatic rings. The zero-order chi connectivity index (χ0) is 33.4. The van der Waals surface area contributed by atoms with Crippen LogP contribution in [0.4, 0.5) is 11.4 Å². The molecule has 0 aliphatic heterocycles. The minimum Gasteiger partial charge on any atom is -0.498 e. The van der Waals surface area contributed by atoms with Crippen LogP contribution in [-0.4, -0.2) is 67.3 Å². The van der Waals surface area contributed by atoms with Gasteiger partial charge in [0, 0.05) is 26.6 Å². The van der Waals surface area contributed by atoms with Crippen molar-refractivity contribution >= 4 is 36.0 Å². The normalized spacial score (nSPS) is 13.4. The minimum absolute atomic E-state index is 0.541. The molecule has 4 aromatic carbocycles. The van der Waals surface area contributed by atoms with E-state index in [4.69, 9.17) is 43.1 Å². The predicted octanol–water partition coefficient (Wildman–Crippen LogP) is 8.31. The molecule has 0 amide bonds. The zero-order valence-electron chi connectivity index (χ0n) is 27.5. The summed E-state index contributed by atoms with van der Waals surface area (Å²) < 4.78 is 39.6. The first-order valence-corrected chi connectivity index (χ1v) is 14.8. The third-order valence-electron chi connectivity index (χ3n) is 7.04. The third-order valence-corrected chi connectivity index (χ3v) is 7.04. The molecule has 0 spiro atoms. The SMILES string of the molecule is COC(=Cc1ccc(OC)cc1)C(C=Nc1ccccc1Oc1ccccc1N=CC(OC)C(=Cc1ccc(OC)cc1)OC)OC. The van der Waals surface area contributed by atoms with Gasteiger partial charge in [-0.1, -0.05) is 48.5 Å². The van der Waals surface area contributed by atoms with E-state index >= 15 is 0 Å². The summed E-state index contributed by atoms with van der Waals surface area (Å²) in [6.07, 6.45) is 6.05. The molecule has 0 aliphatic carbocycles. The molecule has 9 nitrogen and oxygen atoms in total. The van der Waals surface area contributed by atoms with Crippen molar-refractivity contribution in [2.75, 3.05) is 42.7 Å². The summed E-state index contributed by atoms with van der Waals surface area (Å²) >= 11 is 0. The van der Waals surface area contributed by atoms with Crippen LogP contribution in [0.3, 0.4) is 0 Å². The number of hydrogen-bond acceptors (Lipinski definition) is 9. The van der Waals surface area contributed by atoms with Gasteiger partial charge in [-0.3, -0.25) is 9.98 Å². The first-order valence-electron chi connectivity index (χ1n) is 14.8. The number of nitrogens with zero attached hydrogens (tertiary/aromatic N) is 2. The summed E-state index contributed by atoms with van der Waals surface area (Å²) in [5, 5.41) is 0. The number of rotatable bonds is 16. The molecule has 244 valence electrons. The number of ether oxygens (including phenoxy) is 7. The average Bonchev–Trinajstić information content (AvgIpc) is 3.12. The molecule has 0 saturated carbocycles. The molecule has 0 fully saturated rings. The van der Waals surface area contributed by atoms with Gasteiger partial charge in [-0.15, -0.1) is 0 Å². The van der Waals surface area contributed by atoms with E-state index in [1.807, 2.05) is 109 Å². The highest BCUT2D eigenvalue weighted by molar-refractivity contribution is 5.76. The lowest BCUT2D eigenvalue weighted by atomic mass is 10.1. The maximum atomic E-state index is 6.36. The summed E-state index contributed by atoms with van der Waals surface area (Å²) in [6, 6.07) is 30.2. The monoisotopic (exact) mass is 636 g/mol. The Morgan fingerprint density at radius 2 is 0.894 bits per heavy atom. The second-order valence-electron chi connectivity index (χ2n) is 9.95. The van der Waals surface area contributed by atoms with Crippen LogP contribution in [0.15, 0.2) is 119 Å². The first-order chi connectivity index (χ1) is 23.0. The molecule has 0 aromatic heterocycles. The quantitative estimate of drug-likeness (QED) is 0.0903. The summed E-state index contributed by atoms with van der Waals surface area (Å²) in [5.74, 6) is 3.80. The summed E-state index contributed by atoms with van der Waals surface area (Å²) in [7, 11) is 9.67. The minimum atomic E-state index is -0.543. The van der Waals surface area contributed by atoms with Crippen LogP contribution in [0.2, 0.25) is 0 Å². The molecular weight excluding hydrogens is 596 g/mol. The molecule has 0 saturated heterocycles. The molecule has 0 aliphatic rings. The molecule has 9 heteroatoms. The second kappa shape index (κ2) is 17.9. The highest BCUT2D eigenvalue weighted by Crippen LogP contribution is 2.36. The van der Waals surface area contributed by atoms with Gasteiger partial charge >= 0.3 is 0 Å². The van der Waals surface area contributed by atoms with Crippen molar-refractivity contribution in [3.05, 3.63) is 120 Å². The van der Waals surface area contributed by atoms with E-state index < -0.39 is 12.2 Å². The summed E-state index contributed by atoms with van der Waals surface area (Å²) in [4.78, 5) is 9.41. The van der Waals surface area contributed by atoms with E-state index in [2.05, 4.69) is 0 Å². The molecule has 0 heterocycles. The highest BCUT2D eigenvalue weighted by atomic mass is 16.5. The predicted molar refractivity (Wildman–Crippen MR) is 187 cm³/mol. The van der Waals surface area contributed by atoms with Crippen LogP contribution in [0.25, 0.3) is 12.2 Å². The smallest absolute Gasteiger partial charge is 0.153 e. The van der Waals surface area contributed by atoms with E-state index in [0.717, 1.165) is 22.6 Å². The van der Waals surface area contributed by atoms with Gasteiger partial charge in [0.25, 0.3) is 0 Å². The van der Waals surface area contributed by atoms with E-state index in [1.165, 1.54) is 0 Å². The van der Waals surface area contributed by atoms with Crippen molar-refractivity contribution < 1.29 is 33.2 Å². The fourth-order valence-corrected chi connectivity index (χ4v) is 4.46. The molecular formula is C38H40N2O7. The van der Waals surface area contributed by atoms with Gasteiger partial charge in [0.1, 0.15) is 46.6 Å². The molecule has 0 bridgehead atoms. The third kappa shape index (κ3) is 9.80. The van der Waals surface area contributed by atoms with Gasteiger partial charge < -0.3 is 33.2 Å². The van der Waals surface area contributed by atoms with E-state index in [1.54, 1.807) is 55.1 Å². The van der Waals surface area contributed by atoms with Crippen LogP contribution in [0.5, 0.6) is 23.0 Å². The van der Waals surface area contributed by atoms with Crippen molar-refractivity contribution in [3.63, 3.8) is 0 Å². The zero-order valence-corrected chi connectivity index (χ0v) is 27.5. The van der Waals surface area contributed by atoms with Crippen LogP contribution >= 0.6 is 0 Å². The fraction of sp³-hybridized carbons (Fsp3) is 0.211. The van der Waals surface area contributed by atoms with Gasteiger partial charge in [0.2, 0.25) is 0 Å². The Hall–Kier alpha value is -5.38. The number of hydrogen-bond donors (Lipinski definition) is 0. The lowest BCUT2D eigenvalue weighted by Crippen LogP contribution is -2.16. The molecule has 2 atom stereocenters. The Kier molecular flexibility index (Phi) is 13.2. The van der Waals surface area contributed by atoms with Gasteiger partial charge in [-0.25, -0.2) is 0 Å². The molecule has 4 rings (SSSR count). The molecule has 0 N–H and O–H groups in total. The second-order valence-corrected chi connectivity index (χ2v) is 9.95. The highest BCUT2D eigenvalue weighted by Gasteiger charge is 2.15. The summed E-state index contributed by atoms with van der Waals surface area (Å²) in [6.45, 7) is 0. The van der Waals surface area contributed by atoms with E-state index in [-0.39, 0.29) is 0 Å². The molecule has 0 radical (unpaired) electrons. The lowest BCUT2D eigenvalue weighted by Gasteiger charge is -2.15. The average molecular weight is 637 g/mol. The van der Waals surface area contributed by atoms with Crippen LogP contribution in [-0.2, 0) is 18.9 Å². The maximum absolute atomic E-state index is 6.36. The molecule has 47 heavy (non-hydrogen) atoms. The first kappa shape index (κ1) is 34.5. The van der Waals surface area contributed by atoms with Crippen molar-refractivity contribution in [1.29, 1.82) is 0 Å². The Labute approximate surface area is 276 Å². The van der Waals surface area contributed by atoms with Crippen LogP contribution in [0, 0.1) is 0 Å². The Bertz CT molecular complexity index is 1550. The number of benzene rings is 4. The van der Waals surface area contributed by atoms with Gasteiger partial charge in [-0.05, 0) is 71.8 Å². The Morgan fingerprint density at radius 3 is 1.23 bits per heavy atom. The largest absolute Gasteiger partial charge is 0.498 e.